The van der Waals surface area contributed by atoms with Gasteiger partial charge in [-0.2, -0.15) is 0 Å². The highest BCUT2D eigenvalue weighted by atomic mass is 32.2. The van der Waals surface area contributed by atoms with Crippen LogP contribution in [0.25, 0.3) is 0 Å². The summed E-state index contributed by atoms with van der Waals surface area (Å²) in [5.41, 5.74) is 0.102. The van der Waals surface area contributed by atoms with Crippen LogP contribution in [0.15, 0.2) is 44.9 Å². The van der Waals surface area contributed by atoms with E-state index in [2.05, 4.69) is 26.9 Å². The third kappa shape index (κ3) is 5.02. The molecule has 0 unspecified atom stereocenters. The lowest BCUT2D eigenvalue weighted by atomic mass is 10.2. The first-order chi connectivity index (χ1) is 13.1. The molecule has 0 radical (unpaired) electrons. The molecule has 3 aromatic rings. The Hall–Kier alpha value is -2.50. The minimum Gasteiger partial charge on any atom is -0.360 e. The van der Waals surface area contributed by atoms with Crippen LogP contribution in [0.1, 0.15) is 15.2 Å². The number of carbonyl (C=O) groups excluding carboxylic acids is 1. The molecule has 27 heavy (non-hydrogen) atoms. The van der Waals surface area contributed by atoms with Crippen LogP contribution < -0.4 is 10.6 Å². The van der Waals surface area contributed by atoms with Crippen LogP contribution >= 0.6 is 34.4 Å². The molecule has 140 valence electrons. The molecule has 2 N–H and O–H groups in total. The van der Waals surface area contributed by atoms with E-state index in [1.807, 2.05) is 11.4 Å². The highest BCUT2D eigenvalue weighted by Gasteiger charge is 2.19. The van der Waals surface area contributed by atoms with E-state index < -0.39 is 4.92 Å². The average molecular weight is 422 g/mol. The second kappa shape index (κ2) is 8.93. The molecule has 0 atom stereocenters. The van der Waals surface area contributed by atoms with Crippen molar-refractivity contribution in [3.8, 4) is 0 Å². The van der Waals surface area contributed by atoms with Crippen molar-refractivity contribution in [2.75, 3.05) is 18.9 Å². The van der Waals surface area contributed by atoms with E-state index >= 15 is 0 Å². The van der Waals surface area contributed by atoms with E-state index in [1.165, 1.54) is 29.3 Å². The van der Waals surface area contributed by atoms with E-state index in [1.54, 1.807) is 23.5 Å². The van der Waals surface area contributed by atoms with Crippen molar-refractivity contribution in [2.24, 2.45) is 0 Å². The van der Waals surface area contributed by atoms with Crippen LogP contribution in [0.2, 0.25) is 0 Å². The fourth-order valence-electron chi connectivity index (χ4n) is 2.20. The first-order valence-corrected chi connectivity index (χ1v) is 10.4. The van der Waals surface area contributed by atoms with Crippen molar-refractivity contribution in [3.05, 3.63) is 56.3 Å². The zero-order chi connectivity index (χ0) is 19.2. The molecule has 11 heteroatoms. The van der Waals surface area contributed by atoms with Crippen LogP contribution in [-0.4, -0.2) is 34.6 Å². The van der Waals surface area contributed by atoms with Crippen LogP contribution in [0.4, 0.5) is 10.8 Å². The predicted octanol–water partition coefficient (Wildman–Crippen LogP) is 3.67. The van der Waals surface area contributed by atoms with Gasteiger partial charge in [0.2, 0.25) is 5.13 Å². The first-order valence-electron chi connectivity index (χ1n) is 7.85. The van der Waals surface area contributed by atoms with Gasteiger partial charge in [-0.1, -0.05) is 17.4 Å². The third-order valence-electron chi connectivity index (χ3n) is 3.48. The Balaban J connectivity index is 1.67. The maximum absolute atomic E-state index is 11.7. The van der Waals surface area contributed by atoms with Crippen LogP contribution in [0.3, 0.4) is 0 Å². The highest BCUT2D eigenvalue weighted by molar-refractivity contribution is 8.01. The number of amides is 1. The Morgan fingerprint density at radius 2 is 2.19 bits per heavy atom. The molecular formula is C16H15N5O3S3. The summed E-state index contributed by atoms with van der Waals surface area (Å²) in [5, 5.41) is 27.9. The number of benzene rings is 1. The topological polar surface area (TPSA) is 110 Å². The van der Waals surface area contributed by atoms with Gasteiger partial charge in [0.05, 0.1) is 9.82 Å². The van der Waals surface area contributed by atoms with Gasteiger partial charge in [0.25, 0.3) is 11.6 Å². The van der Waals surface area contributed by atoms with Crippen LogP contribution in [0, 0.1) is 10.1 Å². The summed E-state index contributed by atoms with van der Waals surface area (Å²) in [6.45, 7) is 0.737. The zero-order valence-corrected chi connectivity index (χ0v) is 16.6. The molecule has 0 saturated heterocycles. The second-order valence-electron chi connectivity index (χ2n) is 5.25. The second-order valence-corrected chi connectivity index (χ2v) is 8.55. The normalized spacial score (nSPS) is 10.6. The Morgan fingerprint density at radius 3 is 2.89 bits per heavy atom. The molecular weight excluding hydrogens is 406 g/mol. The molecule has 0 saturated carbocycles. The molecule has 0 aliphatic carbocycles. The lowest BCUT2D eigenvalue weighted by Crippen LogP contribution is -2.17. The molecule has 0 spiro atoms. The maximum Gasteiger partial charge on any atom is 0.284 e. The Morgan fingerprint density at radius 1 is 1.33 bits per heavy atom. The van der Waals surface area contributed by atoms with Gasteiger partial charge >= 0.3 is 0 Å². The van der Waals surface area contributed by atoms with Crippen LogP contribution in [0.5, 0.6) is 0 Å². The summed E-state index contributed by atoms with van der Waals surface area (Å²) >= 11 is 4.19. The number of nitro groups is 1. The SMILES string of the molecule is CNC(=O)c1ccc(Sc2nnc(NCCc3cccs3)s2)c([N+](=O)[O-])c1. The van der Waals surface area contributed by atoms with E-state index in [-0.39, 0.29) is 17.2 Å². The number of anilines is 1. The number of rotatable bonds is 8. The number of hydrogen-bond acceptors (Lipinski definition) is 9. The van der Waals surface area contributed by atoms with Crippen molar-refractivity contribution < 1.29 is 9.72 Å². The quantitative estimate of drug-likeness (QED) is 0.422. The largest absolute Gasteiger partial charge is 0.360 e. The summed E-state index contributed by atoms with van der Waals surface area (Å²) in [6.07, 6.45) is 0.895. The van der Waals surface area contributed by atoms with Crippen molar-refractivity contribution in [1.29, 1.82) is 0 Å². The predicted molar refractivity (Wildman–Crippen MR) is 107 cm³/mol. The molecule has 2 heterocycles. The van der Waals surface area contributed by atoms with Crippen molar-refractivity contribution in [1.82, 2.24) is 15.5 Å². The number of thiophene rings is 1. The molecule has 0 aliphatic rings. The zero-order valence-electron chi connectivity index (χ0n) is 14.2. The molecule has 0 bridgehead atoms. The number of hydrogen-bond donors (Lipinski definition) is 2. The fourth-order valence-corrected chi connectivity index (χ4v) is 4.72. The molecule has 1 aromatic carbocycles. The van der Waals surface area contributed by atoms with Crippen molar-refractivity contribution in [3.63, 3.8) is 0 Å². The first kappa shape index (κ1) is 19.3. The fraction of sp³-hybridized carbons (Fsp3) is 0.188. The summed E-state index contributed by atoms with van der Waals surface area (Å²) in [4.78, 5) is 24.2. The van der Waals surface area contributed by atoms with Crippen LogP contribution in [-0.2, 0) is 6.42 Å². The number of nitro benzene ring substituents is 1. The minimum absolute atomic E-state index is 0.136. The summed E-state index contributed by atoms with van der Waals surface area (Å²) < 4.78 is 0.587. The standard InChI is InChI=1S/C16H15N5O3S3/c1-17-14(22)10-4-5-13(12(9-10)21(23)24)26-16-20-19-15(27-16)18-7-6-11-3-2-8-25-11/h2-5,8-9H,6-7H2,1H3,(H,17,22)(H,18,19). The Kier molecular flexibility index (Phi) is 6.37. The molecule has 1 amide bonds. The van der Waals surface area contributed by atoms with E-state index in [4.69, 9.17) is 0 Å². The smallest absolute Gasteiger partial charge is 0.284 e. The number of nitrogens with zero attached hydrogens (tertiary/aromatic N) is 3. The lowest BCUT2D eigenvalue weighted by Gasteiger charge is -2.03. The molecule has 0 aliphatic heterocycles. The third-order valence-corrected chi connectivity index (χ3v) is 6.41. The van der Waals surface area contributed by atoms with E-state index in [0.717, 1.165) is 24.7 Å². The van der Waals surface area contributed by atoms with E-state index in [0.29, 0.717) is 14.4 Å². The molecule has 3 rings (SSSR count). The Bertz CT molecular complexity index is 943. The minimum atomic E-state index is -0.504. The van der Waals surface area contributed by atoms with Gasteiger partial charge in [-0.05, 0) is 41.8 Å². The molecule has 8 nitrogen and oxygen atoms in total. The number of aromatic nitrogens is 2. The number of carbonyl (C=O) groups is 1. The Labute approximate surface area is 167 Å². The maximum atomic E-state index is 11.7. The van der Waals surface area contributed by atoms with E-state index in [9.17, 15) is 14.9 Å². The lowest BCUT2D eigenvalue weighted by molar-refractivity contribution is -0.387. The van der Waals surface area contributed by atoms with Gasteiger partial charge in [-0.3, -0.25) is 14.9 Å². The van der Waals surface area contributed by atoms with Gasteiger partial charge in [0.15, 0.2) is 4.34 Å². The summed E-state index contributed by atoms with van der Waals surface area (Å²) in [7, 11) is 1.48. The van der Waals surface area contributed by atoms with Gasteiger partial charge in [0.1, 0.15) is 0 Å². The van der Waals surface area contributed by atoms with Gasteiger partial charge in [0, 0.05) is 30.1 Å². The monoisotopic (exact) mass is 421 g/mol. The van der Waals surface area contributed by atoms with Gasteiger partial charge < -0.3 is 10.6 Å². The van der Waals surface area contributed by atoms with Gasteiger partial charge in [-0.25, -0.2) is 0 Å². The highest BCUT2D eigenvalue weighted by Crippen LogP contribution is 2.37. The number of nitrogens with one attached hydrogen (secondary N) is 2. The summed E-state index contributed by atoms with van der Waals surface area (Å²) in [5.74, 6) is -0.372. The molecule has 0 fully saturated rings. The van der Waals surface area contributed by atoms with Crippen molar-refractivity contribution in [2.45, 2.75) is 15.7 Å². The van der Waals surface area contributed by atoms with Crippen molar-refractivity contribution >= 4 is 51.2 Å². The summed E-state index contributed by atoms with van der Waals surface area (Å²) in [6, 6.07) is 8.47. The average Bonchev–Trinajstić information content (AvgIpc) is 3.33. The van der Waals surface area contributed by atoms with Gasteiger partial charge in [-0.15, -0.1) is 21.5 Å². The molecule has 2 aromatic heterocycles.